The maximum atomic E-state index is 5.40. The summed E-state index contributed by atoms with van der Waals surface area (Å²) < 4.78 is 0. The highest BCUT2D eigenvalue weighted by Gasteiger charge is 2.23. The van der Waals surface area contributed by atoms with Gasteiger partial charge in [-0.25, -0.2) is 0 Å². The molecule has 1 aliphatic carbocycles. The van der Waals surface area contributed by atoms with E-state index >= 15 is 0 Å². The predicted molar refractivity (Wildman–Crippen MR) is 74.7 cm³/mol. The average molecular weight is 242 g/mol. The summed E-state index contributed by atoms with van der Waals surface area (Å²) in [7, 11) is 2.14. The molecule has 0 amide bonds. The largest absolute Gasteiger partial charge is 0.363 e. The van der Waals surface area contributed by atoms with Crippen LogP contribution in [0.4, 0.5) is 0 Å². The fourth-order valence-corrected chi connectivity index (χ4v) is 2.71. The van der Waals surface area contributed by atoms with Crippen LogP contribution in [-0.4, -0.2) is 29.6 Å². The van der Waals surface area contributed by atoms with Crippen molar-refractivity contribution in [2.75, 3.05) is 13.6 Å². The quantitative estimate of drug-likeness (QED) is 0.762. The lowest BCUT2D eigenvalue weighted by atomic mass is 9.84. The lowest BCUT2D eigenvalue weighted by molar-refractivity contribution is 0.225. The highest BCUT2D eigenvalue weighted by atomic mass is 32.1. The van der Waals surface area contributed by atoms with Crippen LogP contribution in [0.3, 0.4) is 0 Å². The Morgan fingerprint density at radius 3 is 2.38 bits per heavy atom. The Balaban J connectivity index is 2.32. The van der Waals surface area contributed by atoms with Crippen molar-refractivity contribution in [2.24, 2.45) is 5.92 Å². The Bertz CT molecular complexity index is 210. The van der Waals surface area contributed by atoms with Gasteiger partial charge in [0.15, 0.2) is 5.11 Å². The van der Waals surface area contributed by atoms with E-state index in [0.717, 1.165) is 24.0 Å². The summed E-state index contributed by atoms with van der Waals surface area (Å²) in [4.78, 5) is 2.27. The third-order valence-corrected chi connectivity index (χ3v) is 4.22. The van der Waals surface area contributed by atoms with Gasteiger partial charge in [0.25, 0.3) is 0 Å². The highest BCUT2D eigenvalue weighted by molar-refractivity contribution is 7.80. The fourth-order valence-electron chi connectivity index (χ4n) is 2.46. The minimum absolute atomic E-state index is 0.666. The van der Waals surface area contributed by atoms with Gasteiger partial charge in [-0.05, 0) is 50.2 Å². The number of thiocarbonyl (C=S) groups is 1. The lowest BCUT2D eigenvalue weighted by Crippen LogP contribution is -2.45. The van der Waals surface area contributed by atoms with Crippen LogP contribution in [0, 0.1) is 5.92 Å². The molecule has 0 unspecified atom stereocenters. The zero-order chi connectivity index (χ0) is 12.0. The summed E-state index contributed by atoms with van der Waals surface area (Å²) >= 11 is 5.40. The van der Waals surface area contributed by atoms with Gasteiger partial charge in [0.1, 0.15) is 0 Å². The van der Waals surface area contributed by atoms with E-state index in [1.54, 1.807) is 0 Å². The zero-order valence-corrected chi connectivity index (χ0v) is 11.8. The van der Waals surface area contributed by atoms with Crippen LogP contribution in [0.1, 0.15) is 52.4 Å². The van der Waals surface area contributed by atoms with Crippen molar-refractivity contribution >= 4 is 17.3 Å². The van der Waals surface area contributed by atoms with Gasteiger partial charge >= 0.3 is 0 Å². The summed E-state index contributed by atoms with van der Waals surface area (Å²) in [6.07, 6.45) is 7.85. The molecule has 0 aromatic rings. The third kappa shape index (κ3) is 3.93. The molecule has 1 saturated carbocycles. The maximum absolute atomic E-state index is 5.40. The molecule has 2 nitrogen and oxygen atoms in total. The van der Waals surface area contributed by atoms with Crippen LogP contribution in [0.2, 0.25) is 0 Å². The zero-order valence-electron chi connectivity index (χ0n) is 11.0. The molecular formula is C13H26N2S. The maximum Gasteiger partial charge on any atom is 0.168 e. The van der Waals surface area contributed by atoms with E-state index in [2.05, 4.69) is 31.1 Å². The third-order valence-electron chi connectivity index (χ3n) is 3.79. The minimum Gasteiger partial charge on any atom is -0.363 e. The second-order valence-electron chi connectivity index (χ2n) is 4.93. The Morgan fingerprint density at radius 2 is 1.88 bits per heavy atom. The summed E-state index contributed by atoms with van der Waals surface area (Å²) in [5, 5.41) is 4.24. The standard InChI is InChI=1S/C13H26N2S/c1-4-10-14-13(16)15(3)12-8-6-11(5-2)7-9-12/h11-12H,4-10H2,1-3H3,(H,14,16). The summed E-state index contributed by atoms with van der Waals surface area (Å²) in [5.41, 5.74) is 0. The Morgan fingerprint density at radius 1 is 1.25 bits per heavy atom. The van der Waals surface area contributed by atoms with Gasteiger partial charge in [0.05, 0.1) is 0 Å². The van der Waals surface area contributed by atoms with E-state index in [1.165, 1.54) is 32.1 Å². The van der Waals surface area contributed by atoms with Gasteiger partial charge in [-0.15, -0.1) is 0 Å². The molecule has 0 atom stereocenters. The van der Waals surface area contributed by atoms with E-state index in [4.69, 9.17) is 12.2 Å². The van der Waals surface area contributed by atoms with E-state index < -0.39 is 0 Å². The predicted octanol–water partition coefficient (Wildman–Crippen LogP) is 3.17. The van der Waals surface area contributed by atoms with Crippen molar-refractivity contribution in [3.8, 4) is 0 Å². The van der Waals surface area contributed by atoms with Crippen LogP contribution in [0.15, 0.2) is 0 Å². The Kier molecular flexibility index (Phi) is 6.10. The van der Waals surface area contributed by atoms with Crippen molar-refractivity contribution in [1.82, 2.24) is 10.2 Å². The molecule has 1 N–H and O–H groups in total. The molecule has 1 rings (SSSR count). The van der Waals surface area contributed by atoms with Crippen LogP contribution >= 0.6 is 12.2 Å². The smallest absolute Gasteiger partial charge is 0.168 e. The molecule has 0 radical (unpaired) electrons. The van der Waals surface area contributed by atoms with E-state index in [9.17, 15) is 0 Å². The first-order valence-electron chi connectivity index (χ1n) is 6.69. The van der Waals surface area contributed by atoms with E-state index in [1.807, 2.05) is 0 Å². The first-order valence-corrected chi connectivity index (χ1v) is 7.10. The minimum atomic E-state index is 0.666. The molecule has 1 aliphatic rings. The molecule has 94 valence electrons. The van der Waals surface area contributed by atoms with Crippen LogP contribution in [0.25, 0.3) is 0 Å². The van der Waals surface area contributed by atoms with Gasteiger partial charge in [-0.2, -0.15) is 0 Å². The van der Waals surface area contributed by atoms with Gasteiger partial charge in [0.2, 0.25) is 0 Å². The number of hydrogen-bond donors (Lipinski definition) is 1. The summed E-state index contributed by atoms with van der Waals surface area (Å²) in [5.74, 6) is 0.960. The molecule has 0 aliphatic heterocycles. The Hall–Kier alpha value is -0.310. The van der Waals surface area contributed by atoms with Gasteiger partial charge in [-0.3, -0.25) is 0 Å². The monoisotopic (exact) mass is 242 g/mol. The summed E-state index contributed by atoms with van der Waals surface area (Å²) in [6, 6.07) is 0.666. The normalized spacial score (nSPS) is 25.2. The molecule has 0 aromatic heterocycles. The summed E-state index contributed by atoms with van der Waals surface area (Å²) in [6.45, 7) is 5.47. The molecule has 0 heterocycles. The Labute approximate surface area is 106 Å². The number of rotatable bonds is 4. The van der Waals surface area contributed by atoms with E-state index in [0.29, 0.717) is 6.04 Å². The van der Waals surface area contributed by atoms with E-state index in [-0.39, 0.29) is 0 Å². The van der Waals surface area contributed by atoms with Gasteiger partial charge < -0.3 is 10.2 Å². The van der Waals surface area contributed by atoms with Crippen LogP contribution < -0.4 is 5.32 Å². The topological polar surface area (TPSA) is 15.3 Å². The van der Waals surface area contributed by atoms with Crippen LogP contribution in [0.5, 0.6) is 0 Å². The molecule has 16 heavy (non-hydrogen) atoms. The molecule has 1 fully saturated rings. The van der Waals surface area contributed by atoms with Gasteiger partial charge in [-0.1, -0.05) is 20.3 Å². The van der Waals surface area contributed by atoms with Crippen LogP contribution in [-0.2, 0) is 0 Å². The molecule has 0 aromatic carbocycles. The highest BCUT2D eigenvalue weighted by Crippen LogP contribution is 2.28. The second kappa shape index (κ2) is 7.10. The fraction of sp³-hybridized carbons (Fsp3) is 0.923. The molecule has 0 saturated heterocycles. The van der Waals surface area contributed by atoms with Crippen molar-refractivity contribution in [1.29, 1.82) is 0 Å². The second-order valence-corrected chi connectivity index (χ2v) is 5.31. The van der Waals surface area contributed by atoms with Crippen molar-refractivity contribution in [3.05, 3.63) is 0 Å². The molecule has 3 heteroatoms. The lowest BCUT2D eigenvalue weighted by Gasteiger charge is -2.35. The number of nitrogens with zero attached hydrogens (tertiary/aromatic N) is 1. The van der Waals surface area contributed by atoms with Gasteiger partial charge in [0, 0.05) is 19.6 Å². The molecule has 0 spiro atoms. The van der Waals surface area contributed by atoms with Crippen molar-refractivity contribution in [2.45, 2.75) is 58.4 Å². The van der Waals surface area contributed by atoms with Crippen molar-refractivity contribution in [3.63, 3.8) is 0 Å². The first kappa shape index (κ1) is 13.8. The van der Waals surface area contributed by atoms with Crippen molar-refractivity contribution < 1.29 is 0 Å². The average Bonchev–Trinajstić information content (AvgIpc) is 2.35. The molecule has 0 bridgehead atoms. The molecular weight excluding hydrogens is 216 g/mol. The number of nitrogens with one attached hydrogen (secondary N) is 1. The SMILES string of the molecule is CCCNC(=S)N(C)C1CCC(CC)CC1. The number of hydrogen-bond acceptors (Lipinski definition) is 1. The first-order chi connectivity index (χ1) is 7.69.